The number of nitrogens with one attached hydrogen (secondary N) is 1. The summed E-state index contributed by atoms with van der Waals surface area (Å²) in [6.07, 6.45) is 7.11. The Morgan fingerprint density at radius 3 is 2.62 bits per heavy atom. The predicted octanol–water partition coefficient (Wildman–Crippen LogP) is 2.54. The van der Waals surface area contributed by atoms with E-state index >= 15 is 0 Å². The molecule has 3 rings (SSSR count). The van der Waals surface area contributed by atoms with E-state index in [1.165, 1.54) is 0 Å². The van der Waals surface area contributed by atoms with Gasteiger partial charge in [-0.05, 0) is 38.3 Å². The van der Waals surface area contributed by atoms with Gasteiger partial charge >= 0.3 is 5.97 Å². The number of aryl methyl sites for hydroxylation is 1. The second-order valence-electron chi connectivity index (χ2n) is 6.78. The number of hydrogen-bond acceptors (Lipinski definition) is 5. The molecule has 0 atom stereocenters. The number of pyridine rings is 1. The number of nitrogens with zero attached hydrogens (tertiary/aromatic N) is 5. The summed E-state index contributed by atoms with van der Waals surface area (Å²) in [7, 11) is 1.78. The van der Waals surface area contributed by atoms with Gasteiger partial charge in [0.1, 0.15) is 11.6 Å². The van der Waals surface area contributed by atoms with E-state index < -0.39 is 0 Å². The number of guanidine groups is 1. The average molecular weight is 512 g/mol. The molecular weight excluding hydrogens is 483 g/mol. The van der Waals surface area contributed by atoms with E-state index in [4.69, 9.17) is 4.74 Å². The van der Waals surface area contributed by atoms with Crippen LogP contribution < -0.4 is 5.32 Å². The number of carbonyl (C=O) groups excluding carboxylic acids is 1. The molecule has 29 heavy (non-hydrogen) atoms. The highest BCUT2D eigenvalue weighted by molar-refractivity contribution is 14.0. The Morgan fingerprint density at radius 2 is 2.07 bits per heavy atom. The van der Waals surface area contributed by atoms with Crippen LogP contribution in [0.5, 0.6) is 0 Å². The maximum atomic E-state index is 11.9. The number of imidazole rings is 1. The largest absolute Gasteiger partial charge is 0.466 e. The zero-order chi connectivity index (χ0) is 19.9. The van der Waals surface area contributed by atoms with E-state index in [0.29, 0.717) is 13.2 Å². The van der Waals surface area contributed by atoms with Gasteiger partial charge in [0, 0.05) is 45.3 Å². The molecule has 2 aromatic heterocycles. The minimum absolute atomic E-state index is 0. The zero-order valence-electron chi connectivity index (χ0n) is 17.2. The molecular formula is C20H29IN6O2. The summed E-state index contributed by atoms with van der Waals surface area (Å²) in [5.41, 5.74) is 1.07. The van der Waals surface area contributed by atoms with Crippen LogP contribution in [0.1, 0.15) is 31.2 Å². The Bertz CT molecular complexity index is 813. The molecule has 1 aliphatic heterocycles. The molecule has 9 heteroatoms. The van der Waals surface area contributed by atoms with Crippen molar-refractivity contribution in [3.8, 4) is 5.82 Å². The van der Waals surface area contributed by atoms with Gasteiger partial charge in [-0.15, -0.1) is 24.0 Å². The van der Waals surface area contributed by atoms with Crippen LogP contribution in [0.15, 0.2) is 35.7 Å². The van der Waals surface area contributed by atoms with Gasteiger partial charge in [0.05, 0.1) is 12.5 Å². The molecule has 1 saturated heterocycles. The predicted molar refractivity (Wildman–Crippen MR) is 123 cm³/mol. The molecule has 1 aliphatic rings. The van der Waals surface area contributed by atoms with Crippen molar-refractivity contribution in [3.63, 3.8) is 0 Å². The molecule has 0 aliphatic carbocycles. The minimum atomic E-state index is -0.0793. The highest BCUT2D eigenvalue weighted by Crippen LogP contribution is 2.19. The molecule has 158 valence electrons. The highest BCUT2D eigenvalue weighted by Gasteiger charge is 2.27. The summed E-state index contributed by atoms with van der Waals surface area (Å²) in [6, 6.07) is 4.04. The number of aromatic nitrogens is 3. The quantitative estimate of drug-likeness (QED) is 0.287. The van der Waals surface area contributed by atoms with Crippen molar-refractivity contribution in [3.05, 3.63) is 42.1 Å². The second-order valence-corrected chi connectivity index (χ2v) is 6.78. The maximum absolute atomic E-state index is 11.9. The summed E-state index contributed by atoms with van der Waals surface area (Å²) in [5.74, 6) is 2.52. The molecule has 1 N–H and O–H groups in total. The number of hydrogen-bond donors (Lipinski definition) is 1. The van der Waals surface area contributed by atoms with Gasteiger partial charge in [0.15, 0.2) is 5.96 Å². The summed E-state index contributed by atoms with van der Waals surface area (Å²) >= 11 is 0. The molecule has 3 heterocycles. The number of likely N-dealkylation sites (tertiary alicyclic amines) is 1. The van der Waals surface area contributed by atoms with Gasteiger partial charge < -0.3 is 15.0 Å². The lowest BCUT2D eigenvalue weighted by molar-refractivity contribution is -0.149. The number of esters is 1. The summed E-state index contributed by atoms with van der Waals surface area (Å²) in [6.45, 7) is 6.46. The first-order valence-corrected chi connectivity index (χ1v) is 9.69. The average Bonchev–Trinajstić information content (AvgIpc) is 3.15. The Labute approximate surface area is 188 Å². The van der Waals surface area contributed by atoms with Crippen molar-refractivity contribution >= 4 is 35.9 Å². The van der Waals surface area contributed by atoms with Crippen LogP contribution in [0.4, 0.5) is 0 Å². The molecule has 1 fully saturated rings. The van der Waals surface area contributed by atoms with Gasteiger partial charge in [-0.1, -0.05) is 6.07 Å². The monoisotopic (exact) mass is 512 g/mol. The number of halogens is 1. The third-order valence-electron chi connectivity index (χ3n) is 4.96. The van der Waals surface area contributed by atoms with Crippen LogP contribution in [-0.2, 0) is 16.1 Å². The Kier molecular flexibility index (Phi) is 8.87. The summed E-state index contributed by atoms with van der Waals surface area (Å²) in [4.78, 5) is 27.2. The topological polar surface area (TPSA) is 84.6 Å². The van der Waals surface area contributed by atoms with Crippen molar-refractivity contribution in [2.45, 2.75) is 33.2 Å². The molecule has 0 bridgehead atoms. The van der Waals surface area contributed by atoms with E-state index in [-0.39, 0.29) is 35.9 Å². The van der Waals surface area contributed by atoms with Gasteiger partial charge in [-0.25, -0.2) is 9.97 Å². The smallest absolute Gasteiger partial charge is 0.309 e. The fourth-order valence-electron chi connectivity index (χ4n) is 3.38. The first-order valence-electron chi connectivity index (χ1n) is 9.69. The van der Waals surface area contributed by atoms with Gasteiger partial charge in [-0.2, -0.15) is 0 Å². The Balaban J connectivity index is 0.00000300. The maximum Gasteiger partial charge on any atom is 0.309 e. The fraction of sp³-hybridized carbons (Fsp3) is 0.500. The molecule has 2 aromatic rings. The molecule has 0 spiro atoms. The minimum Gasteiger partial charge on any atom is -0.466 e. The first kappa shape index (κ1) is 23.1. The Morgan fingerprint density at radius 1 is 1.31 bits per heavy atom. The number of ether oxygens (including phenoxy) is 1. The lowest BCUT2D eigenvalue weighted by Crippen LogP contribution is -2.46. The van der Waals surface area contributed by atoms with Crippen LogP contribution in [0, 0.1) is 12.8 Å². The van der Waals surface area contributed by atoms with Crippen LogP contribution in [0.3, 0.4) is 0 Å². The fourth-order valence-corrected chi connectivity index (χ4v) is 3.38. The third kappa shape index (κ3) is 5.91. The molecule has 0 unspecified atom stereocenters. The van der Waals surface area contributed by atoms with Gasteiger partial charge in [-0.3, -0.25) is 14.4 Å². The van der Waals surface area contributed by atoms with E-state index in [0.717, 1.165) is 49.1 Å². The molecule has 0 saturated carbocycles. The van der Waals surface area contributed by atoms with Crippen molar-refractivity contribution in [1.82, 2.24) is 24.8 Å². The molecule has 0 amide bonds. The number of rotatable bonds is 5. The summed E-state index contributed by atoms with van der Waals surface area (Å²) < 4.78 is 7.08. The van der Waals surface area contributed by atoms with Gasteiger partial charge in [0.25, 0.3) is 0 Å². The standard InChI is InChI=1S/C20H28N6O2.HI/c1-4-28-19(27)17-7-10-25(11-8-17)20(21-3)24-14-16-5-6-18(23-13-16)26-12-9-22-15(26)2;/h5-6,9,12-13,17H,4,7-8,10-11,14H2,1-3H3,(H,21,24);1H. The van der Waals surface area contributed by atoms with Gasteiger partial charge in [0.2, 0.25) is 0 Å². The van der Waals surface area contributed by atoms with Crippen molar-refractivity contribution in [1.29, 1.82) is 0 Å². The second kappa shape index (κ2) is 11.1. The molecule has 0 aromatic carbocycles. The van der Waals surface area contributed by atoms with Crippen LogP contribution in [0.2, 0.25) is 0 Å². The lowest BCUT2D eigenvalue weighted by Gasteiger charge is -2.33. The first-order chi connectivity index (χ1) is 13.6. The van der Waals surface area contributed by atoms with E-state index in [9.17, 15) is 4.79 Å². The molecule has 8 nitrogen and oxygen atoms in total. The number of piperidine rings is 1. The number of carbonyl (C=O) groups is 1. The summed E-state index contributed by atoms with van der Waals surface area (Å²) in [5, 5.41) is 3.39. The number of aliphatic imine (C=N–C) groups is 1. The Hall–Kier alpha value is -2.17. The van der Waals surface area contributed by atoms with E-state index in [2.05, 4.69) is 31.2 Å². The van der Waals surface area contributed by atoms with E-state index in [1.54, 1.807) is 13.2 Å². The van der Waals surface area contributed by atoms with Crippen LogP contribution in [0.25, 0.3) is 5.82 Å². The zero-order valence-corrected chi connectivity index (χ0v) is 19.5. The SMILES string of the molecule is CCOC(=O)C1CCN(C(=NC)NCc2ccc(-n3ccnc3C)nc2)CC1.I. The lowest BCUT2D eigenvalue weighted by atomic mass is 9.97. The third-order valence-corrected chi connectivity index (χ3v) is 4.96. The van der Waals surface area contributed by atoms with Crippen LogP contribution in [-0.4, -0.2) is 58.1 Å². The van der Waals surface area contributed by atoms with Crippen molar-refractivity contribution in [2.24, 2.45) is 10.9 Å². The van der Waals surface area contributed by atoms with Crippen LogP contribution >= 0.6 is 24.0 Å². The van der Waals surface area contributed by atoms with Crippen molar-refractivity contribution < 1.29 is 9.53 Å². The van der Waals surface area contributed by atoms with Crippen molar-refractivity contribution in [2.75, 3.05) is 26.7 Å². The van der Waals surface area contributed by atoms with E-state index in [1.807, 2.05) is 36.9 Å². The molecule has 0 radical (unpaired) electrons. The highest BCUT2D eigenvalue weighted by atomic mass is 127. The normalized spacial score (nSPS) is 15.0.